The second-order valence-electron chi connectivity index (χ2n) is 5.50. The van der Waals surface area contributed by atoms with E-state index in [1.54, 1.807) is 7.11 Å². The summed E-state index contributed by atoms with van der Waals surface area (Å²) >= 11 is 0. The van der Waals surface area contributed by atoms with Crippen molar-refractivity contribution < 1.29 is 9.47 Å². The van der Waals surface area contributed by atoms with E-state index in [1.807, 2.05) is 0 Å². The summed E-state index contributed by atoms with van der Waals surface area (Å²) < 4.78 is 10.5. The van der Waals surface area contributed by atoms with Crippen LogP contribution in [-0.2, 0) is 9.47 Å². The van der Waals surface area contributed by atoms with Crippen molar-refractivity contribution in [3.05, 3.63) is 0 Å². The lowest BCUT2D eigenvalue weighted by Gasteiger charge is -2.35. The molecule has 0 bridgehead atoms. The summed E-state index contributed by atoms with van der Waals surface area (Å²) in [5, 5.41) is 3.75. The van der Waals surface area contributed by atoms with Gasteiger partial charge >= 0.3 is 0 Å². The van der Waals surface area contributed by atoms with E-state index in [0.717, 1.165) is 26.1 Å². The van der Waals surface area contributed by atoms with Crippen LogP contribution in [0.15, 0.2) is 0 Å². The molecule has 0 atom stereocenters. The monoisotopic (exact) mass is 272 g/mol. The Bertz CT molecular complexity index is 220. The van der Waals surface area contributed by atoms with Crippen LogP contribution in [0.5, 0.6) is 0 Å². The Morgan fingerprint density at radius 3 is 2.63 bits per heavy atom. The smallest absolute Gasteiger partial charge is 0.0700 e. The molecule has 0 aromatic heterocycles. The van der Waals surface area contributed by atoms with E-state index in [-0.39, 0.29) is 0 Å². The van der Waals surface area contributed by atoms with Crippen LogP contribution in [0.3, 0.4) is 0 Å². The number of methoxy groups -OCH3 is 1. The molecule has 0 saturated carbocycles. The Morgan fingerprint density at radius 2 is 1.95 bits per heavy atom. The van der Waals surface area contributed by atoms with Gasteiger partial charge in [-0.15, -0.1) is 0 Å². The Hall–Kier alpha value is -0.160. The summed E-state index contributed by atoms with van der Waals surface area (Å²) in [5.74, 6) is 0. The van der Waals surface area contributed by atoms with E-state index in [9.17, 15) is 0 Å². The first-order valence-electron chi connectivity index (χ1n) is 7.80. The molecule has 1 N–H and O–H groups in total. The molecule has 0 amide bonds. The number of nitrogens with one attached hydrogen (secondary N) is 1. The lowest BCUT2D eigenvalue weighted by atomic mass is 9.92. The number of hydrogen-bond acceptors (Lipinski definition) is 4. The van der Waals surface area contributed by atoms with E-state index in [4.69, 9.17) is 9.47 Å². The summed E-state index contributed by atoms with van der Waals surface area (Å²) in [6.07, 6.45) is 4.80. The van der Waals surface area contributed by atoms with Crippen LogP contribution >= 0.6 is 0 Å². The van der Waals surface area contributed by atoms with Gasteiger partial charge in [-0.05, 0) is 38.8 Å². The topological polar surface area (TPSA) is 33.7 Å². The van der Waals surface area contributed by atoms with Crippen molar-refractivity contribution in [3.8, 4) is 0 Å². The van der Waals surface area contributed by atoms with Crippen molar-refractivity contribution >= 4 is 0 Å². The highest BCUT2D eigenvalue weighted by atomic mass is 16.5. The lowest BCUT2D eigenvalue weighted by molar-refractivity contribution is 0.0640. The Kier molecular flexibility index (Phi) is 8.62. The van der Waals surface area contributed by atoms with Crippen LogP contribution in [0.1, 0.15) is 39.5 Å². The average Bonchev–Trinajstić information content (AvgIpc) is 2.65. The van der Waals surface area contributed by atoms with Crippen molar-refractivity contribution in [1.82, 2.24) is 10.2 Å². The van der Waals surface area contributed by atoms with Gasteiger partial charge < -0.3 is 19.7 Å². The zero-order valence-corrected chi connectivity index (χ0v) is 13.0. The number of ether oxygens (including phenoxy) is 2. The maximum atomic E-state index is 5.53. The quantitative estimate of drug-likeness (QED) is 0.650. The highest BCUT2D eigenvalue weighted by molar-refractivity contribution is 4.90. The van der Waals surface area contributed by atoms with Gasteiger partial charge in [-0.1, -0.05) is 13.8 Å². The first kappa shape index (κ1) is 16.9. The summed E-state index contributed by atoms with van der Waals surface area (Å²) in [6.45, 7) is 11.6. The number of rotatable bonds is 9. The maximum Gasteiger partial charge on any atom is 0.0700 e. The van der Waals surface area contributed by atoms with Crippen LogP contribution in [-0.4, -0.2) is 63.5 Å². The van der Waals surface area contributed by atoms with E-state index < -0.39 is 0 Å². The molecule has 4 heteroatoms. The maximum absolute atomic E-state index is 5.53. The summed E-state index contributed by atoms with van der Waals surface area (Å²) in [7, 11) is 1.71. The fourth-order valence-corrected chi connectivity index (χ4v) is 2.77. The third-order valence-electron chi connectivity index (χ3n) is 4.23. The van der Waals surface area contributed by atoms with Gasteiger partial charge in [0.05, 0.1) is 13.2 Å². The predicted octanol–water partition coefficient (Wildman–Crippen LogP) is 1.89. The minimum absolute atomic E-state index is 0.327. The van der Waals surface area contributed by atoms with Crippen molar-refractivity contribution in [2.24, 2.45) is 0 Å². The van der Waals surface area contributed by atoms with Gasteiger partial charge in [-0.2, -0.15) is 0 Å². The molecule has 0 aromatic carbocycles. The van der Waals surface area contributed by atoms with Gasteiger partial charge in [0.2, 0.25) is 0 Å². The highest BCUT2D eigenvalue weighted by Crippen LogP contribution is 2.19. The van der Waals surface area contributed by atoms with Crippen LogP contribution < -0.4 is 5.32 Å². The normalized spacial score (nSPS) is 20.4. The minimum atomic E-state index is 0.327. The third kappa shape index (κ3) is 6.21. The Labute approximate surface area is 118 Å². The molecule has 1 aliphatic heterocycles. The van der Waals surface area contributed by atoms with Gasteiger partial charge in [0, 0.05) is 32.3 Å². The molecule has 1 rings (SSSR count). The number of nitrogens with zero attached hydrogens (tertiary/aromatic N) is 1. The van der Waals surface area contributed by atoms with Gasteiger partial charge in [-0.3, -0.25) is 0 Å². The predicted molar refractivity (Wildman–Crippen MR) is 79.7 cm³/mol. The van der Waals surface area contributed by atoms with Crippen molar-refractivity contribution in [3.63, 3.8) is 0 Å². The fourth-order valence-electron chi connectivity index (χ4n) is 2.77. The Morgan fingerprint density at radius 1 is 1.16 bits per heavy atom. The van der Waals surface area contributed by atoms with Crippen LogP contribution in [0, 0.1) is 0 Å². The standard InChI is InChI=1S/C15H32N2O2/c1-4-15(5-2)14-17(9-6-8-16-15)10-7-11-19-13-12-18-3/h16H,4-14H2,1-3H3. The largest absolute Gasteiger partial charge is 0.382 e. The molecule has 19 heavy (non-hydrogen) atoms. The highest BCUT2D eigenvalue weighted by Gasteiger charge is 2.29. The minimum Gasteiger partial charge on any atom is -0.382 e. The van der Waals surface area contributed by atoms with Crippen LogP contribution in [0.25, 0.3) is 0 Å². The molecule has 4 nitrogen and oxygen atoms in total. The summed E-state index contributed by atoms with van der Waals surface area (Å²) in [6, 6.07) is 0. The molecule has 1 fully saturated rings. The molecule has 1 saturated heterocycles. The van der Waals surface area contributed by atoms with Gasteiger partial charge in [0.25, 0.3) is 0 Å². The molecular formula is C15H32N2O2. The lowest BCUT2D eigenvalue weighted by Crippen LogP contribution is -2.50. The van der Waals surface area contributed by atoms with Crippen molar-refractivity contribution in [1.29, 1.82) is 0 Å². The van der Waals surface area contributed by atoms with E-state index in [1.165, 1.54) is 32.4 Å². The molecule has 1 aliphatic rings. The molecular weight excluding hydrogens is 240 g/mol. The summed E-state index contributed by atoms with van der Waals surface area (Å²) in [4.78, 5) is 2.60. The fraction of sp³-hybridized carbons (Fsp3) is 1.00. The molecule has 0 unspecified atom stereocenters. The molecule has 0 spiro atoms. The van der Waals surface area contributed by atoms with Crippen molar-refractivity contribution in [2.45, 2.75) is 45.1 Å². The third-order valence-corrected chi connectivity index (χ3v) is 4.23. The van der Waals surface area contributed by atoms with E-state index in [0.29, 0.717) is 18.8 Å². The molecule has 114 valence electrons. The average molecular weight is 272 g/mol. The zero-order chi connectivity index (χ0) is 14.0. The summed E-state index contributed by atoms with van der Waals surface area (Å²) in [5.41, 5.74) is 0.327. The first-order chi connectivity index (χ1) is 9.26. The second kappa shape index (κ2) is 9.70. The van der Waals surface area contributed by atoms with Gasteiger partial charge in [-0.25, -0.2) is 0 Å². The van der Waals surface area contributed by atoms with Gasteiger partial charge in [0.1, 0.15) is 0 Å². The van der Waals surface area contributed by atoms with E-state index >= 15 is 0 Å². The molecule has 0 aliphatic carbocycles. The zero-order valence-electron chi connectivity index (χ0n) is 13.0. The molecule has 1 heterocycles. The number of hydrogen-bond donors (Lipinski definition) is 1. The SMILES string of the molecule is CCC1(CC)CN(CCCOCCOC)CCCN1. The van der Waals surface area contributed by atoms with Crippen LogP contribution in [0.2, 0.25) is 0 Å². The van der Waals surface area contributed by atoms with Gasteiger partial charge in [0.15, 0.2) is 0 Å². The molecule has 0 aromatic rings. The second-order valence-corrected chi connectivity index (χ2v) is 5.50. The molecule has 0 radical (unpaired) electrons. The Balaban J connectivity index is 2.24. The van der Waals surface area contributed by atoms with E-state index in [2.05, 4.69) is 24.1 Å². The van der Waals surface area contributed by atoms with Crippen LogP contribution in [0.4, 0.5) is 0 Å². The van der Waals surface area contributed by atoms with Crippen molar-refractivity contribution in [2.75, 3.05) is 53.1 Å². The first-order valence-corrected chi connectivity index (χ1v) is 7.80.